The lowest BCUT2D eigenvalue weighted by atomic mass is 10.1. The molecule has 0 saturated carbocycles. The van der Waals surface area contributed by atoms with Gasteiger partial charge in [0.15, 0.2) is 11.5 Å². The summed E-state index contributed by atoms with van der Waals surface area (Å²) in [4.78, 5) is 16.9. The number of benzene rings is 2. The molecule has 1 aliphatic rings. The largest absolute Gasteiger partial charge is 0.497 e. The maximum Gasteiger partial charge on any atom is 0.227 e. The van der Waals surface area contributed by atoms with Gasteiger partial charge in [0.1, 0.15) is 5.75 Å². The van der Waals surface area contributed by atoms with Gasteiger partial charge in [0, 0.05) is 38.3 Å². The quantitative estimate of drug-likeness (QED) is 0.662. The molecule has 0 aliphatic carbocycles. The summed E-state index contributed by atoms with van der Waals surface area (Å²) in [5, 5.41) is 0. The van der Waals surface area contributed by atoms with Crippen molar-refractivity contribution in [1.82, 2.24) is 9.80 Å². The van der Waals surface area contributed by atoms with Crippen molar-refractivity contribution in [1.29, 1.82) is 0 Å². The van der Waals surface area contributed by atoms with E-state index in [2.05, 4.69) is 4.90 Å². The molecule has 2 aromatic rings. The minimum absolute atomic E-state index is 0.156. The molecule has 0 N–H and O–H groups in total. The Morgan fingerprint density at radius 2 is 1.47 bits per heavy atom. The van der Waals surface area contributed by atoms with Gasteiger partial charge in [-0.1, -0.05) is 18.2 Å². The minimum atomic E-state index is 0.156. The third-order valence-electron chi connectivity index (χ3n) is 5.42. The number of nitrogens with zero attached hydrogens (tertiary/aromatic N) is 2. The molecule has 0 radical (unpaired) electrons. The van der Waals surface area contributed by atoms with Crippen LogP contribution in [-0.2, 0) is 17.8 Å². The molecule has 3 rings (SSSR count). The molecule has 162 valence electrons. The van der Waals surface area contributed by atoms with Crippen molar-refractivity contribution in [3.05, 3.63) is 47.5 Å². The van der Waals surface area contributed by atoms with Crippen molar-refractivity contribution in [3.8, 4) is 23.0 Å². The highest BCUT2D eigenvalue weighted by atomic mass is 16.5. The van der Waals surface area contributed by atoms with Gasteiger partial charge >= 0.3 is 0 Å². The average molecular weight is 415 g/mol. The van der Waals surface area contributed by atoms with Crippen LogP contribution in [0, 0.1) is 0 Å². The third-order valence-corrected chi connectivity index (χ3v) is 5.42. The van der Waals surface area contributed by atoms with Crippen LogP contribution in [0.5, 0.6) is 23.0 Å². The van der Waals surface area contributed by atoms with Crippen molar-refractivity contribution < 1.29 is 23.7 Å². The second-order valence-electron chi connectivity index (χ2n) is 7.18. The molecule has 1 fully saturated rings. The van der Waals surface area contributed by atoms with Gasteiger partial charge in [-0.2, -0.15) is 0 Å². The fourth-order valence-corrected chi connectivity index (χ4v) is 3.71. The number of hydrogen-bond donors (Lipinski definition) is 0. The van der Waals surface area contributed by atoms with Gasteiger partial charge in [-0.05, 0) is 23.8 Å². The van der Waals surface area contributed by atoms with E-state index in [1.807, 2.05) is 41.3 Å². The molecule has 0 spiro atoms. The number of carbonyl (C=O) groups is 1. The summed E-state index contributed by atoms with van der Waals surface area (Å²) in [5.74, 6) is 2.89. The van der Waals surface area contributed by atoms with Crippen LogP contribution in [-0.4, -0.2) is 70.3 Å². The highest BCUT2D eigenvalue weighted by Crippen LogP contribution is 2.40. The SMILES string of the molecule is COc1ccc(CC(=O)N2CCN(Cc3ccc(OC)c(OC)c3OC)CC2)cc1. The average Bonchev–Trinajstić information content (AvgIpc) is 2.79. The number of amides is 1. The fourth-order valence-electron chi connectivity index (χ4n) is 3.71. The normalized spacial score (nSPS) is 14.3. The van der Waals surface area contributed by atoms with Crippen molar-refractivity contribution in [2.75, 3.05) is 54.6 Å². The standard InChI is InChI=1S/C23H30N2O5/c1-27-19-8-5-17(6-9-19)15-21(26)25-13-11-24(12-14-25)16-18-7-10-20(28-2)23(30-4)22(18)29-3/h5-10H,11-16H2,1-4H3. The second kappa shape index (κ2) is 10.2. The summed E-state index contributed by atoms with van der Waals surface area (Å²) in [5.41, 5.74) is 2.03. The van der Waals surface area contributed by atoms with E-state index in [0.717, 1.165) is 36.5 Å². The Morgan fingerprint density at radius 3 is 2.03 bits per heavy atom. The molecule has 1 heterocycles. The van der Waals surface area contributed by atoms with Gasteiger partial charge in [-0.3, -0.25) is 9.69 Å². The first-order valence-electron chi connectivity index (χ1n) is 10.0. The lowest BCUT2D eigenvalue weighted by molar-refractivity contribution is -0.132. The molecule has 7 heteroatoms. The fraction of sp³-hybridized carbons (Fsp3) is 0.435. The first-order chi connectivity index (χ1) is 14.6. The molecule has 0 bridgehead atoms. The molecule has 1 amide bonds. The predicted octanol–water partition coefficient (Wildman–Crippen LogP) is 2.61. The molecule has 1 saturated heterocycles. The van der Waals surface area contributed by atoms with Crippen LogP contribution in [0.1, 0.15) is 11.1 Å². The Hall–Kier alpha value is -2.93. The zero-order chi connectivity index (χ0) is 21.5. The van der Waals surface area contributed by atoms with Crippen LogP contribution in [0.25, 0.3) is 0 Å². The number of hydrogen-bond acceptors (Lipinski definition) is 6. The van der Waals surface area contributed by atoms with Crippen molar-refractivity contribution >= 4 is 5.91 Å². The van der Waals surface area contributed by atoms with Crippen LogP contribution < -0.4 is 18.9 Å². The van der Waals surface area contributed by atoms with Gasteiger partial charge < -0.3 is 23.8 Å². The minimum Gasteiger partial charge on any atom is -0.497 e. The lowest BCUT2D eigenvalue weighted by Crippen LogP contribution is -2.48. The Morgan fingerprint density at radius 1 is 0.800 bits per heavy atom. The summed E-state index contributed by atoms with van der Waals surface area (Å²) >= 11 is 0. The molecule has 30 heavy (non-hydrogen) atoms. The van der Waals surface area contributed by atoms with Crippen LogP contribution >= 0.6 is 0 Å². The van der Waals surface area contributed by atoms with Crippen LogP contribution in [0.2, 0.25) is 0 Å². The van der Waals surface area contributed by atoms with E-state index >= 15 is 0 Å². The molecule has 1 aliphatic heterocycles. The van der Waals surface area contributed by atoms with Crippen LogP contribution in [0.15, 0.2) is 36.4 Å². The van der Waals surface area contributed by atoms with Gasteiger partial charge in [0.05, 0.1) is 34.9 Å². The molecule has 0 aromatic heterocycles. The first-order valence-corrected chi connectivity index (χ1v) is 10.0. The maximum atomic E-state index is 12.7. The molecule has 7 nitrogen and oxygen atoms in total. The van der Waals surface area contributed by atoms with E-state index in [1.165, 1.54) is 0 Å². The Bertz CT molecular complexity index is 845. The summed E-state index contributed by atoms with van der Waals surface area (Å²) < 4.78 is 21.6. The summed E-state index contributed by atoms with van der Waals surface area (Å²) in [6, 6.07) is 11.5. The molecule has 0 unspecified atom stereocenters. The highest BCUT2D eigenvalue weighted by Gasteiger charge is 2.23. The summed E-state index contributed by atoms with van der Waals surface area (Å²) in [7, 11) is 6.49. The number of methoxy groups -OCH3 is 4. The first kappa shape index (κ1) is 21.8. The van der Waals surface area contributed by atoms with Gasteiger partial charge in [0.2, 0.25) is 11.7 Å². The molecule has 2 aromatic carbocycles. The summed E-state index contributed by atoms with van der Waals surface area (Å²) in [6.45, 7) is 3.77. The van der Waals surface area contributed by atoms with E-state index in [1.54, 1.807) is 28.4 Å². The zero-order valence-corrected chi connectivity index (χ0v) is 18.1. The van der Waals surface area contributed by atoms with Crippen molar-refractivity contribution in [3.63, 3.8) is 0 Å². The second-order valence-corrected chi connectivity index (χ2v) is 7.18. The number of ether oxygens (including phenoxy) is 4. The van der Waals surface area contributed by atoms with Crippen molar-refractivity contribution in [2.24, 2.45) is 0 Å². The smallest absolute Gasteiger partial charge is 0.227 e. The van der Waals surface area contributed by atoms with E-state index in [0.29, 0.717) is 36.8 Å². The van der Waals surface area contributed by atoms with Gasteiger partial charge in [0.25, 0.3) is 0 Å². The van der Waals surface area contributed by atoms with E-state index < -0.39 is 0 Å². The molecular formula is C23H30N2O5. The number of carbonyl (C=O) groups excluding carboxylic acids is 1. The van der Waals surface area contributed by atoms with Crippen LogP contribution in [0.3, 0.4) is 0 Å². The highest BCUT2D eigenvalue weighted by molar-refractivity contribution is 5.79. The number of piperazine rings is 1. The Labute approximate surface area is 178 Å². The van der Waals surface area contributed by atoms with Gasteiger partial charge in [-0.15, -0.1) is 0 Å². The summed E-state index contributed by atoms with van der Waals surface area (Å²) in [6.07, 6.45) is 0.410. The monoisotopic (exact) mass is 414 g/mol. The maximum absolute atomic E-state index is 12.7. The number of rotatable bonds is 8. The Kier molecular flexibility index (Phi) is 7.41. The van der Waals surface area contributed by atoms with Gasteiger partial charge in [-0.25, -0.2) is 0 Å². The zero-order valence-electron chi connectivity index (χ0n) is 18.1. The van der Waals surface area contributed by atoms with Crippen LogP contribution in [0.4, 0.5) is 0 Å². The third kappa shape index (κ3) is 4.97. The van der Waals surface area contributed by atoms with E-state index in [9.17, 15) is 4.79 Å². The topological polar surface area (TPSA) is 60.5 Å². The van der Waals surface area contributed by atoms with Crippen molar-refractivity contribution in [2.45, 2.75) is 13.0 Å². The lowest BCUT2D eigenvalue weighted by Gasteiger charge is -2.35. The van der Waals surface area contributed by atoms with E-state index in [4.69, 9.17) is 18.9 Å². The molecular weight excluding hydrogens is 384 g/mol. The van der Waals surface area contributed by atoms with E-state index in [-0.39, 0.29) is 5.91 Å². The predicted molar refractivity (Wildman–Crippen MR) is 115 cm³/mol. The Balaban J connectivity index is 1.57. The molecule has 0 atom stereocenters.